The number of aromatic nitrogens is 3. The molecule has 1 aliphatic carbocycles. The van der Waals surface area contributed by atoms with Gasteiger partial charge in [-0.05, 0) is 46.4 Å². The van der Waals surface area contributed by atoms with E-state index in [1.807, 2.05) is 54.6 Å². The van der Waals surface area contributed by atoms with Crippen LogP contribution in [0.15, 0.2) is 72.8 Å². The number of carbonyl (C=O) groups excluding carboxylic acids is 1. The predicted octanol–water partition coefficient (Wildman–Crippen LogP) is 4.90. The molecule has 0 atom stereocenters. The van der Waals surface area contributed by atoms with Gasteiger partial charge >= 0.3 is 6.09 Å². The Hall–Kier alpha value is -3.93. The van der Waals surface area contributed by atoms with E-state index in [9.17, 15) is 4.79 Å². The maximum absolute atomic E-state index is 12.2. The van der Waals surface area contributed by atoms with Crippen molar-refractivity contribution in [3.8, 4) is 11.1 Å². The summed E-state index contributed by atoms with van der Waals surface area (Å²) in [5.41, 5.74) is 7.59. The Morgan fingerprint density at radius 3 is 2.45 bits per heavy atom. The van der Waals surface area contributed by atoms with Crippen molar-refractivity contribution < 1.29 is 9.53 Å². The summed E-state index contributed by atoms with van der Waals surface area (Å²) in [6, 6.07) is 22.5. The summed E-state index contributed by atoms with van der Waals surface area (Å²) in [7, 11) is 0. The van der Waals surface area contributed by atoms with E-state index >= 15 is 0 Å². The molecule has 5 rings (SSSR count). The lowest BCUT2D eigenvalue weighted by molar-refractivity contribution is 0.143. The number of fused-ring (bicyclic) bond motifs is 4. The largest absolute Gasteiger partial charge is 0.449 e. The summed E-state index contributed by atoms with van der Waals surface area (Å²) in [4.78, 5) is 12.2. The van der Waals surface area contributed by atoms with Gasteiger partial charge in [-0.25, -0.2) is 4.79 Å². The normalized spacial score (nSPS) is 12.8. The van der Waals surface area contributed by atoms with E-state index in [0.29, 0.717) is 19.6 Å². The fourth-order valence-electron chi connectivity index (χ4n) is 4.09. The first-order valence-corrected chi connectivity index (χ1v) is 10.4. The molecule has 0 spiro atoms. The first-order valence-electron chi connectivity index (χ1n) is 10.4. The van der Waals surface area contributed by atoms with Gasteiger partial charge in [-0.1, -0.05) is 66.7 Å². The molecule has 0 fully saturated rings. The summed E-state index contributed by atoms with van der Waals surface area (Å²) >= 11 is 0. The third-order valence-electron chi connectivity index (χ3n) is 5.57. The fourth-order valence-corrected chi connectivity index (χ4v) is 4.09. The molecule has 6 heteroatoms. The van der Waals surface area contributed by atoms with Gasteiger partial charge < -0.3 is 10.1 Å². The van der Waals surface area contributed by atoms with Crippen LogP contribution in [0.4, 0.5) is 4.79 Å². The van der Waals surface area contributed by atoms with Crippen molar-refractivity contribution in [3.63, 3.8) is 0 Å². The number of nitrogens with zero attached hydrogens (tertiary/aromatic N) is 2. The molecule has 1 amide bonds. The number of rotatable bonds is 6. The number of aromatic amines is 1. The van der Waals surface area contributed by atoms with E-state index in [-0.39, 0.29) is 12.0 Å². The third-order valence-corrected chi connectivity index (χ3v) is 5.57. The molecule has 154 valence electrons. The zero-order chi connectivity index (χ0) is 21.0. The number of amides is 1. The van der Waals surface area contributed by atoms with Crippen LogP contribution in [0.2, 0.25) is 0 Å². The molecular weight excluding hydrogens is 388 g/mol. The Labute approximate surface area is 179 Å². The summed E-state index contributed by atoms with van der Waals surface area (Å²) in [6.07, 6.45) is 4.35. The number of benzene rings is 3. The zero-order valence-corrected chi connectivity index (χ0v) is 16.9. The molecule has 0 bridgehead atoms. The van der Waals surface area contributed by atoms with E-state index in [4.69, 9.17) is 4.74 Å². The van der Waals surface area contributed by atoms with Crippen molar-refractivity contribution >= 4 is 23.2 Å². The number of H-pyrrole nitrogens is 1. The minimum absolute atomic E-state index is 0.0736. The van der Waals surface area contributed by atoms with Crippen LogP contribution in [-0.4, -0.2) is 34.7 Å². The topological polar surface area (TPSA) is 79.9 Å². The molecule has 0 saturated heterocycles. The summed E-state index contributed by atoms with van der Waals surface area (Å²) < 4.78 is 5.55. The fraction of sp³-hybridized carbons (Fsp3) is 0.160. The smallest absolute Gasteiger partial charge is 0.407 e. The lowest BCUT2D eigenvalue weighted by Crippen LogP contribution is -2.26. The van der Waals surface area contributed by atoms with Crippen molar-refractivity contribution in [1.29, 1.82) is 0 Å². The van der Waals surface area contributed by atoms with Crippen molar-refractivity contribution in [2.24, 2.45) is 0 Å². The number of hydrogen-bond donors (Lipinski definition) is 2. The highest BCUT2D eigenvalue weighted by Gasteiger charge is 2.28. The van der Waals surface area contributed by atoms with Crippen LogP contribution >= 0.6 is 0 Å². The van der Waals surface area contributed by atoms with Crippen molar-refractivity contribution in [1.82, 2.24) is 20.7 Å². The first kappa shape index (κ1) is 19.1. The summed E-state index contributed by atoms with van der Waals surface area (Å²) in [5, 5.41) is 13.6. The van der Waals surface area contributed by atoms with Crippen LogP contribution in [0, 0.1) is 0 Å². The first-order chi connectivity index (χ1) is 15.3. The lowest BCUT2D eigenvalue weighted by atomic mass is 9.98. The summed E-state index contributed by atoms with van der Waals surface area (Å²) in [6.45, 7) is 0.840. The molecular formula is C25H22N4O2. The molecule has 2 N–H and O–H groups in total. The minimum atomic E-state index is -0.390. The van der Waals surface area contributed by atoms with Crippen molar-refractivity contribution in [2.45, 2.75) is 12.3 Å². The van der Waals surface area contributed by atoms with Gasteiger partial charge in [-0.15, -0.1) is 0 Å². The number of alkyl carbamates (subject to hydrolysis) is 1. The van der Waals surface area contributed by atoms with Gasteiger partial charge in [0, 0.05) is 12.5 Å². The molecule has 0 saturated carbocycles. The summed E-state index contributed by atoms with van der Waals surface area (Å²) in [5.74, 6) is 0.0736. The molecule has 1 heterocycles. The van der Waals surface area contributed by atoms with Crippen LogP contribution in [0.3, 0.4) is 0 Å². The Balaban J connectivity index is 1.12. The number of carbonyl (C=O) groups is 1. The molecule has 31 heavy (non-hydrogen) atoms. The number of nitrogens with one attached hydrogen (secondary N) is 2. The van der Waals surface area contributed by atoms with Crippen LogP contribution < -0.4 is 5.32 Å². The SMILES string of the molecule is O=C(NCCC=Cc1ccc2n[nH]nc2c1)OCC1c2ccccc2-c2ccccc21. The maximum Gasteiger partial charge on any atom is 0.407 e. The van der Waals surface area contributed by atoms with Gasteiger partial charge in [0.2, 0.25) is 0 Å². The zero-order valence-electron chi connectivity index (χ0n) is 16.9. The number of hydrogen-bond acceptors (Lipinski definition) is 4. The van der Waals surface area contributed by atoms with Gasteiger partial charge in [0.15, 0.2) is 0 Å². The average molecular weight is 410 g/mol. The Morgan fingerprint density at radius 2 is 1.68 bits per heavy atom. The van der Waals surface area contributed by atoms with Crippen LogP contribution in [-0.2, 0) is 4.74 Å². The van der Waals surface area contributed by atoms with Crippen molar-refractivity contribution in [2.75, 3.05) is 13.2 Å². The highest BCUT2D eigenvalue weighted by molar-refractivity contribution is 5.79. The molecule has 3 aromatic carbocycles. The minimum Gasteiger partial charge on any atom is -0.449 e. The monoisotopic (exact) mass is 410 g/mol. The second-order valence-electron chi connectivity index (χ2n) is 7.52. The Kier molecular flexibility index (Phi) is 5.19. The van der Waals surface area contributed by atoms with Crippen LogP contribution in [0.1, 0.15) is 29.0 Å². The predicted molar refractivity (Wildman–Crippen MR) is 121 cm³/mol. The van der Waals surface area contributed by atoms with Gasteiger partial charge in [-0.2, -0.15) is 15.4 Å². The maximum atomic E-state index is 12.2. The average Bonchev–Trinajstić information content (AvgIpc) is 3.40. The highest BCUT2D eigenvalue weighted by atomic mass is 16.5. The lowest BCUT2D eigenvalue weighted by Gasteiger charge is -2.14. The highest BCUT2D eigenvalue weighted by Crippen LogP contribution is 2.44. The van der Waals surface area contributed by atoms with Gasteiger partial charge in [0.25, 0.3) is 0 Å². The Bertz CT molecular complexity index is 1220. The van der Waals surface area contributed by atoms with E-state index in [1.54, 1.807) is 0 Å². The van der Waals surface area contributed by atoms with Gasteiger partial charge in [0.1, 0.15) is 17.6 Å². The number of ether oxygens (including phenoxy) is 1. The standard InChI is InChI=1S/C25H22N4O2/c30-25(26-14-6-5-7-17-12-13-23-24(15-17)28-29-27-23)31-16-22-20-10-3-1-8-18(20)19-9-2-4-11-21(19)22/h1-5,7-13,15,22H,6,14,16H2,(H,26,30)(H,27,28,29). The van der Waals surface area contributed by atoms with E-state index in [1.165, 1.54) is 22.3 Å². The van der Waals surface area contributed by atoms with E-state index in [2.05, 4.69) is 45.0 Å². The second-order valence-corrected chi connectivity index (χ2v) is 7.52. The van der Waals surface area contributed by atoms with Crippen molar-refractivity contribution in [3.05, 3.63) is 89.5 Å². The molecule has 0 unspecified atom stereocenters. The van der Waals surface area contributed by atoms with Crippen LogP contribution in [0.25, 0.3) is 28.2 Å². The second kappa shape index (κ2) is 8.44. The third kappa shape index (κ3) is 3.92. The quantitative estimate of drug-likeness (QED) is 0.443. The van der Waals surface area contributed by atoms with E-state index in [0.717, 1.165) is 16.6 Å². The van der Waals surface area contributed by atoms with Gasteiger partial charge in [-0.3, -0.25) is 0 Å². The molecule has 1 aromatic heterocycles. The molecule has 0 aliphatic heterocycles. The molecule has 1 aliphatic rings. The van der Waals surface area contributed by atoms with Gasteiger partial charge in [0.05, 0.1) is 0 Å². The van der Waals surface area contributed by atoms with Crippen LogP contribution in [0.5, 0.6) is 0 Å². The Morgan fingerprint density at radius 1 is 0.968 bits per heavy atom. The molecule has 6 nitrogen and oxygen atoms in total. The van der Waals surface area contributed by atoms with E-state index < -0.39 is 0 Å². The molecule has 0 radical (unpaired) electrons. The molecule has 4 aromatic rings.